The first kappa shape index (κ1) is 13.4. The van der Waals surface area contributed by atoms with Crippen molar-refractivity contribution >= 4 is 27.7 Å². The molecule has 0 aliphatic heterocycles. The van der Waals surface area contributed by atoms with E-state index in [0.29, 0.717) is 0 Å². The van der Waals surface area contributed by atoms with Crippen LogP contribution in [0.3, 0.4) is 0 Å². The smallest absolute Gasteiger partial charge is 0.0179 e. The van der Waals surface area contributed by atoms with E-state index in [9.17, 15) is 0 Å². The Morgan fingerprint density at radius 3 is 2.59 bits per heavy atom. The lowest BCUT2D eigenvalue weighted by Crippen LogP contribution is -2.37. The van der Waals surface area contributed by atoms with Gasteiger partial charge >= 0.3 is 0 Å². The van der Waals surface area contributed by atoms with Gasteiger partial charge in [0, 0.05) is 21.3 Å². The maximum atomic E-state index is 6.12. The van der Waals surface area contributed by atoms with Gasteiger partial charge in [0.15, 0.2) is 0 Å². The van der Waals surface area contributed by atoms with E-state index in [-0.39, 0.29) is 5.41 Å². The Labute approximate surface area is 117 Å². The van der Waals surface area contributed by atoms with Crippen LogP contribution >= 0.6 is 27.7 Å². The monoisotopic (exact) mass is 313 g/mol. The molecule has 0 heterocycles. The van der Waals surface area contributed by atoms with E-state index in [1.165, 1.54) is 47.0 Å². The molecule has 0 radical (unpaired) electrons. The van der Waals surface area contributed by atoms with Crippen molar-refractivity contribution in [3.63, 3.8) is 0 Å². The van der Waals surface area contributed by atoms with Gasteiger partial charge in [-0.15, -0.1) is 11.8 Å². The summed E-state index contributed by atoms with van der Waals surface area (Å²) in [6.45, 7) is 0.775. The number of thioether (sulfide) groups is 1. The van der Waals surface area contributed by atoms with Gasteiger partial charge in [0.1, 0.15) is 0 Å². The fraction of sp³-hybridized carbons (Fsp3) is 0.571. The Bertz CT molecular complexity index is 386. The zero-order valence-electron chi connectivity index (χ0n) is 10.3. The van der Waals surface area contributed by atoms with Gasteiger partial charge in [0.25, 0.3) is 0 Å². The van der Waals surface area contributed by atoms with Crippen molar-refractivity contribution in [2.24, 2.45) is 5.73 Å². The summed E-state index contributed by atoms with van der Waals surface area (Å²) < 4.78 is 1.17. The predicted octanol–water partition coefficient (Wildman–Crippen LogP) is 4.33. The van der Waals surface area contributed by atoms with Crippen LogP contribution in [0.15, 0.2) is 27.6 Å². The lowest BCUT2D eigenvalue weighted by molar-refractivity contribution is 0.296. The fourth-order valence-electron chi connectivity index (χ4n) is 2.91. The van der Waals surface area contributed by atoms with Crippen LogP contribution in [0.25, 0.3) is 0 Å². The van der Waals surface area contributed by atoms with Crippen molar-refractivity contribution in [2.75, 3.05) is 12.8 Å². The van der Waals surface area contributed by atoms with E-state index in [4.69, 9.17) is 5.73 Å². The minimum atomic E-state index is 0.223. The summed E-state index contributed by atoms with van der Waals surface area (Å²) in [5, 5.41) is 0. The first-order valence-corrected chi connectivity index (χ1v) is 8.28. The maximum Gasteiger partial charge on any atom is 0.0179 e. The summed E-state index contributed by atoms with van der Waals surface area (Å²) in [6, 6.07) is 6.63. The Hall–Kier alpha value is 0.01000. The molecule has 1 nitrogen and oxygen atoms in total. The van der Waals surface area contributed by atoms with Crippen LogP contribution in [0.5, 0.6) is 0 Å². The van der Waals surface area contributed by atoms with E-state index in [2.05, 4.69) is 40.4 Å². The highest BCUT2D eigenvalue weighted by molar-refractivity contribution is 9.10. The number of nitrogens with two attached hydrogens (primary N) is 1. The molecule has 1 aromatic carbocycles. The Kier molecular flexibility index (Phi) is 4.56. The van der Waals surface area contributed by atoms with Gasteiger partial charge < -0.3 is 5.73 Å². The lowest BCUT2D eigenvalue weighted by Gasteiger charge is -2.38. The first-order valence-electron chi connectivity index (χ1n) is 6.26. The molecule has 1 aliphatic carbocycles. The van der Waals surface area contributed by atoms with E-state index in [1.807, 2.05) is 11.8 Å². The molecule has 0 amide bonds. The average Bonchev–Trinajstić information content (AvgIpc) is 2.39. The van der Waals surface area contributed by atoms with Crippen molar-refractivity contribution in [3.8, 4) is 0 Å². The zero-order chi connectivity index (χ0) is 12.3. The Morgan fingerprint density at radius 2 is 2.00 bits per heavy atom. The normalized spacial score (nSPS) is 19.2. The minimum Gasteiger partial charge on any atom is -0.330 e. The second-order valence-electron chi connectivity index (χ2n) is 4.89. The van der Waals surface area contributed by atoms with E-state index < -0.39 is 0 Å². The summed E-state index contributed by atoms with van der Waals surface area (Å²) in [5.74, 6) is 0. The Morgan fingerprint density at radius 1 is 1.29 bits per heavy atom. The van der Waals surface area contributed by atoms with Crippen molar-refractivity contribution in [3.05, 3.63) is 28.2 Å². The molecule has 17 heavy (non-hydrogen) atoms. The quantitative estimate of drug-likeness (QED) is 0.840. The summed E-state index contributed by atoms with van der Waals surface area (Å²) in [5.41, 5.74) is 7.80. The molecular formula is C14H20BrNS. The highest BCUT2D eigenvalue weighted by atomic mass is 79.9. The summed E-state index contributed by atoms with van der Waals surface area (Å²) >= 11 is 5.43. The van der Waals surface area contributed by atoms with Crippen LogP contribution in [0.2, 0.25) is 0 Å². The van der Waals surface area contributed by atoms with Gasteiger partial charge in [0.05, 0.1) is 0 Å². The van der Waals surface area contributed by atoms with Gasteiger partial charge in [-0.3, -0.25) is 0 Å². The standard InChI is InChI=1S/C14H20BrNS/c1-17-13-6-5-11(15)9-12(13)14(10-16)7-3-2-4-8-14/h5-6,9H,2-4,7-8,10,16H2,1H3. The third kappa shape index (κ3) is 2.72. The molecule has 0 saturated heterocycles. The fourth-order valence-corrected chi connectivity index (χ4v) is 3.97. The van der Waals surface area contributed by atoms with Crippen molar-refractivity contribution in [1.82, 2.24) is 0 Å². The average molecular weight is 314 g/mol. The number of hydrogen-bond donors (Lipinski definition) is 1. The van der Waals surface area contributed by atoms with Gasteiger partial charge in [-0.2, -0.15) is 0 Å². The summed E-state index contributed by atoms with van der Waals surface area (Å²) in [6.07, 6.45) is 8.64. The van der Waals surface area contributed by atoms with Gasteiger partial charge in [-0.05, 0) is 42.9 Å². The van der Waals surface area contributed by atoms with Crippen LogP contribution in [-0.4, -0.2) is 12.8 Å². The van der Waals surface area contributed by atoms with Crippen molar-refractivity contribution < 1.29 is 0 Å². The molecule has 1 aromatic rings. The number of hydrogen-bond acceptors (Lipinski definition) is 2. The highest BCUT2D eigenvalue weighted by Crippen LogP contribution is 2.43. The number of rotatable bonds is 3. The molecule has 2 rings (SSSR count). The van der Waals surface area contributed by atoms with Crippen LogP contribution in [-0.2, 0) is 5.41 Å². The molecular weight excluding hydrogens is 294 g/mol. The molecule has 3 heteroatoms. The van der Waals surface area contributed by atoms with Crippen LogP contribution in [0, 0.1) is 0 Å². The first-order chi connectivity index (χ1) is 8.22. The Balaban J connectivity index is 2.44. The second-order valence-corrected chi connectivity index (χ2v) is 6.65. The largest absolute Gasteiger partial charge is 0.330 e. The van der Waals surface area contributed by atoms with Crippen LogP contribution in [0.4, 0.5) is 0 Å². The topological polar surface area (TPSA) is 26.0 Å². The molecule has 2 N–H and O–H groups in total. The van der Waals surface area contributed by atoms with Gasteiger partial charge in [-0.1, -0.05) is 35.2 Å². The SMILES string of the molecule is CSc1ccc(Br)cc1C1(CN)CCCCC1. The zero-order valence-corrected chi connectivity index (χ0v) is 12.7. The molecule has 0 aromatic heterocycles. The molecule has 94 valence electrons. The molecule has 0 unspecified atom stereocenters. The lowest BCUT2D eigenvalue weighted by atomic mass is 9.69. The third-order valence-corrected chi connectivity index (χ3v) is 5.22. The molecule has 0 spiro atoms. The third-order valence-electron chi connectivity index (χ3n) is 3.93. The molecule has 1 aliphatic rings. The van der Waals surface area contributed by atoms with Crippen molar-refractivity contribution in [2.45, 2.75) is 42.4 Å². The van der Waals surface area contributed by atoms with Crippen LogP contribution < -0.4 is 5.73 Å². The van der Waals surface area contributed by atoms with Gasteiger partial charge in [0.2, 0.25) is 0 Å². The van der Waals surface area contributed by atoms with Gasteiger partial charge in [-0.25, -0.2) is 0 Å². The molecule has 0 atom stereocenters. The number of halogens is 1. The highest BCUT2D eigenvalue weighted by Gasteiger charge is 2.34. The second kappa shape index (κ2) is 5.77. The van der Waals surface area contributed by atoms with E-state index in [1.54, 1.807) is 0 Å². The molecule has 1 fully saturated rings. The summed E-state index contributed by atoms with van der Waals surface area (Å²) in [7, 11) is 0. The predicted molar refractivity (Wildman–Crippen MR) is 79.7 cm³/mol. The van der Waals surface area contributed by atoms with E-state index in [0.717, 1.165) is 6.54 Å². The molecule has 1 saturated carbocycles. The van der Waals surface area contributed by atoms with E-state index >= 15 is 0 Å². The minimum absolute atomic E-state index is 0.223. The molecule has 0 bridgehead atoms. The summed E-state index contributed by atoms with van der Waals surface area (Å²) in [4.78, 5) is 1.39. The van der Waals surface area contributed by atoms with Crippen LogP contribution in [0.1, 0.15) is 37.7 Å². The maximum absolute atomic E-state index is 6.12. The number of benzene rings is 1. The van der Waals surface area contributed by atoms with Crippen molar-refractivity contribution in [1.29, 1.82) is 0 Å².